The maximum Gasteiger partial charge on any atom is 0.211 e. The number of anilines is 1. The van der Waals surface area contributed by atoms with Gasteiger partial charge in [0, 0.05) is 40.7 Å². The third kappa shape index (κ3) is 2.82. The zero-order valence-corrected chi connectivity index (χ0v) is 17.0. The predicted octanol–water partition coefficient (Wildman–Crippen LogP) is 5.70. The average Bonchev–Trinajstić information content (AvgIpc) is 2.91. The first-order valence-corrected chi connectivity index (χ1v) is 9.93. The molecule has 0 N–H and O–H groups in total. The third-order valence-electron chi connectivity index (χ3n) is 5.75. The van der Waals surface area contributed by atoms with Crippen molar-refractivity contribution in [3.63, 3.8) is 0 Å². The van der Waals surface area contributed by atoms with Gasteiger partial charge in [0.25, 0.3) is 0 Å². The highest BCUT2D eigenvalue weighted by atomic mass is 16.1. The lowest BCUT2D eigenvalue weighted by Gasteiger charge is -2.26. The van der Waals surface area contributed by atoms with E-state index >= 15 is 0 Å². The summed E-state index contributed by atoms with van der Waals surface area (Å²) in [5.74, 6) is -0.00610. The standard InChI is InChI=1S/C25H26N2O/c1-5-15-27-21-11-7-6-10-20(21)25(3,4)22(27)13-12-18-16-17(2)19-9-8-14-26-23(19)24(18)28/h6-14,16H,5,15H2,1-4H3. The van der Waals surface area contributed by atoms with Gasteiger partial charge in [-0.25, -0.2) is 0 Å². The first-order chi connectivity index (χ1) is 13.4. The molecule has 28 heavy (non-hydrogen) atoms. The molecular weight excluding hydrogens is 344 g/mol. The van der Waals surface area contributed by atoms with Crippen molar-refractivity contribution in [1.82, 2.24) is 4.98 Å². The van der Waals surface area contributed by atoms with Crippen LogP contribution >= 0.6 is 0 Å². The van der Waals surface area contributed by atoms with Crippen LogP contribution in [0.4, 0.5) is 5.69 Å². The van der Waals surface area contributed by atoms with Gasteiger partial charge in [-0.2, -0.15) is 0 Å². The number of pyridine rings is 1. The van der Waals surface area contributed by atoms with Gasteiger partial charge < -0.3 is 4.90 Å². The fourth-order valence-electron chi connectivity index (χ4n) is 4.32. The number of hydrogen-bond donors (Lipinski definition) is 0. The fraction of sp³-hybridized carbons (Fsp3) is 0.280. The van der Waals surface area contributed by atoms with Crippen LogP contribution in [0.1, 0.15) is 55.7 Å². The summed E-state index contributed by atoms with van der Waals surface area (Å²) in [5, 5.41) is 0. The Morgan fingerprint density at radius 3 is 2.68 bits per heavy atom. The predicted molar refractivity (Wildman–Crippen MR) is 115 cm³/mol. The van der Waals surface area contributed by atoms with Crippen molar-refractivity contribution < 1.29 is 4.79 Å². The molecule has 4 rings (SSSR count). The summed E-state index contributed by atoms with van der Waals surface area (Å²) in [4.78, 5) is 19.7. The fourth-order valence-corrected chi connectivity index (χ4v) is 4.32. The van der Waals surface area contributed by atoms with Crippen LogP contribution < -0.4 is 4.90 Å². The van der Waals surface area contributed by atoms with Crippen LogP contribution in [0.25, 0.3) is 5.57 Å². The molecule has 0 amide bonds. The number of benzene rings is 1. The van der Waals surface area contributed by atoms with Crippen LogP contribution in [-0.4, -0.2) is 17.3 Å². The van der Waals surface area contributed by atoms with Crippen LogP contribution in [0.5, 0.6) is 0 Å². The normalized spacial score (nSPS) is 20.4. The Bertz CT molecular complexity index is 1040. The second-order valence-corrected chi connectivity index (χ2v) is 8.02. The van der Waals surface area contributed by atoms with E-state index in [0.717, 1.165) is 24.1 Å². The molecule has 1 aliphatic carbocycles. The van der Waals surface area contributed by atoms with Gasteiger partial charge in [-0.05, 0) is 54.8 Å². The van der Waals surface area contributed by atoms with Gasteiger partial charge in [-0.1, -0.05) is 45.0 Å². The van der Waals surface area contributed by atoms with E-state index in [1.807, 2.05) is 31.2 Å². The quantitative estimate of drug-likeness (QED) is 0.650. The molecule has 0 saturated carbocycles. The van der Waals surface area contributed by atoms with E-state index in [-0.39, 0.29) is 11.2 Å². The lowest BCUT2D eigenvalue weighted by Crippen LogP contribution is -2.26. The second-order valence-electron chi connectivity index (χ2n) is 8.02. The maximum absolute atomic E-state index is 12.9. The molecule has 0 atom stereocenters. The highest BCUT2D eigenvalue weighted by Crippen LogP contribution is 2.47. The Labute approximate surface area is 167 Å². The second kappa shape index (κ2) is 6.90. The van der Waals surface area contributed by atoms with Crippen LogP contribution in [-0.2, 0) is 5.41 Å². The smallest absolute Gasteiger partial charge is 0.211 e. The van der Waals surface area contributed by atoms with E-state index in [0.29, 0.717) is 11.3 Å². The van der Waals surface area contributed by atoms with Gasteiger partial charge in [0.1, 0.15) is 5.69 Å². The molecule has 2 aliphatic rings. The molecule has 0 unspecified atom stereocenters. The molecule has 3 heteroatoms. The molecule has 1 aliphatic heterocycles. The van der Waals surface area contributed by atoms with Crippen molar-refractivity contribution in [3.05, 3.63) is 88.9 Å². The molecule has 1 aromatic heterocycles. The number of nitrogens with zero attached hydrogens (tertiary/aromatic N) is 2. The van der Waals surface area contributed by atoms with Gasteiger partial charge in [-0.15, -0.1) is 0 Å². The molecule has 0 spiro atoms. The van der Waals surface area contributed by atoms with Crippen LogP contribution in [0.2, 0.25) is 0 Å². The highest BCUT2D eigenvalue weighted by molar-refractivity contribution is 6.15. The number of fused-ring (bicyclic) bond motifs is 2. The van der Waals surface area contributed by atoms with Crippen molar-refractivity contribution in [1.29, 1.82) is 0 Å². The summed E-state index contributed by atoms with van der Waals surface area (Å²) in [5.41, 5.74) is 6.98. The van der Waals surface area contributed by atoms with Crippen LogP contribution in [0.15, 0.2) is 72.1 Å². The SMILES string of the molecule is CCCN1C(=CC=C2C=C(C)c3cccnc3C2=O)C(C)(C)c2ccccc21. The summed E-state index contributed by atoms with van der Waals surface area (Å²) in [6.07, 6.45) is 8.82. The van der Waals surface area contributed by atoms with E-state index in [1.54, 1.807) is 6.20 Å². The minimum absolute atomic E-state index is 0.00610. The Balaban J connectivity index is 1.79. The largest absolute Gasteiger partial charge is 0.344 e. The van der Waals surface area contributed by atoms with E-state index < -0.39 is 0 Å². The molecule has 1 aromatic carbocycles. The summed E-state index contributed by atoms with van der Waals surface area (Å²) < 4.78 is 0. The number of rotatable bonds is 3. The molecule has 0 saturated heterocycles. The number of carbonyl (C=O) groups excluding carboxylic acids is 1. The Morgan fingerprint density at radius 1 is 1.11 bits per heavy atom. The summed E-state index contributed by atoms with van der Waals surface area (Å²) >= 11 is 0. The van der Waals surface area contributed by atoms with Gasteiger partial charge in [-0.3, -0.25) is 9.78 Å². The first kappa shape index (κ1) is 18.4. The van der Waals surface area contributed by atoms with Crippen LogP contribution in [0.3, 0.4) is 0 Å². The summed E-state index contributed by atoms with van der Waals surface area (Å²) in [7, 11) is 0. The van der Waals surface area contributed by atoms with E-state index in [4.69, 9.17) is 0 Å². The average molecular weight is 370 g/mol. The van der Waals surface area contributed by atoms with Crippen molar-refractivity contribution in [2.45, 2.75) is 39.5 Å². The van der Waals surface area contributed by atoms with Crippen LogP contribution in [0, 0.1) is 0 Å². The number of ketones is 1. The van der Waals surface area contributed by atoms with E-state index in [2.05, 4.69) is 61.0 Å². The lowest BCUT2D eigenvalue weighted by molar-refractivity contribution is 0.103. The minimum atomic E-state index is -0.102. The highest BCUT2D eigenvalue weighted by Gasteiger charge is 2.39. The van der Waals surface area contributed by atoms with Gasteiger partial charge in [0.05, 0.1) is 0 Å². The Kier molecular flexibility index (Phi) is 4.54. The van der Waals surface area contributed by atoms with Gasteiger partial charge >= 0.3 is 0 Å². The van der Waals surface area contributed by atoms with Crippen molar-refractivity contribution in [2.75, 3.05) is 11.4 Å². The molecule has 0 bridgehead atoms. The molecule has 142 valence electrons. The zero-order valence-electron chi connectivity index (χ0n) is 17.0. The molecular formula is C25H26N2O. The third-order valence-corrected chi connectivity index (χ3v) is 5.75. The Morgan fingerprint density at radius 2 is 1.89 bits per heavy atom. The molecule has 2 heterocycles. The van der Waals surface area contributed by atoms with E-state index in [9.17, 15) is 4.79 Å². The van der Waals surface area contributed by atoms with E-state index in [1.165, 1.54) is 16.9 Å². The minimum Gasteiger partial charge on any atom is -0.344 e. The summed E-state index contributed by atoms with van der Waals surface area (Å²) in [6, 6.07) is 12.4. The zero-order chi connectivity index (χ0) is 19.9. The molecule has 0 radical (unpaired) electrons. The Hall–Kier alpha value is -2.94. The monoisotopic (exact) mass is 370 g/mol. The van der Waals surface area contributed by atoms with Gasteiger partial charge in [0.2, 0.25) is 5.78 Å². The lowest BCUT2D eigenvalue weighted by atomic mass is 9.83. The number of aromatic nitrogens is 1. The summed E-state index contributed by atoms with van der Waals surface area (Å²) in [6.45, 7) is 9.71. The molecule has 2 aromatic rings. The topological polar surface area (TPSA) is 33.2 Å². The molecule has 0 fully saturated rings. The number of carbonyl (C=O) groups is 1. The maximum atomic E-state index is 12.9. The molecule has 3 nitrogen and oxygen atoms in total. The number of Topliss-reactive ketones (excluding diaryl/α,β-unsaturated/α-hetero) is 1. The van der Waals surface area contributed by atoms with Crippen molar-refractivity contribution >= 4 is 17.0 Å². The number of hydrogen-bond acceptors (Lipinski definition) is 3. The number of para-hydroxylation sites is 1. The van der Waals surface area contributed by atoms with Gasteiger partial charge in [0.15, 0.2) is 0 Å². The first-order valence-electron chi connectivity index (χ1n) is 9.93. The van der Waals surface area contributed by atoms with Crippen molar-refractivity contribution in [2.24, 2.45) is 0 Å². The van der Waals surface area contributed by atoms with Crippen molar-refractivity contribution in [3.8, 4) is 0 Å². The number of allylic oxidation sites excluding steroid dienone is 6.